The zero-order valence-electron chi connectivity index (χ0n) is 17.7. The van der Waals surface area contributed by atoms with E-state index in [1.165, 1.54) is 46.2 Å². The molecule has 2 aliphatic rings. The van der Waals surface area contributed by atoms with Crippen LogP contribution in [0.4, 0.5) is 17.1 Å². The van der Waals surface area contributed by atoms with Crippen molar-refractivity contribution in [3.63, 3.8) is 0 Å². The van der Waals surface area contributed by atoms with Crippen molar-refractivity contribution in [1.82, 2.24) is 4.90 Å². The summed E-state index contributed by atoms with van der Waals surface area (Å²) in [5.74, 6) is 0. The molecule has 0 spiro atoms. The van der Waals surface area contributed by atoms with E-state index in [0.29, 0.717) is 0 Å². The molecule has 0 saturated carbocycles. The SMILES string of the molecule is Clc1ccc2c(c1)N(CCCCN1CCN(c3ccccc3)CC1)c1ccccc1S2. The fourth-order valence-electron chi connectivity index (χ4n) is 4.52. The maximum Gasteiger partial charge on any atom is 0.0567 e. The van der Waals surface area contributed by atoms with E-state index < -0.39 is 0 Å². The van der Waals surface area contributed by atoms with E-state index in [0.717, 1.165) is 37.7 Å². The monoisotopic (exact) mass is 449 g/mol. The van der Waals surface area contributed by atoms with E-state index in [2.05, 4.69) is 81.4 Å². The van der Waals surface area contributed by atoms with Gasteiger partial charge in [-0.3, -0.25) is 4.90 Å². The van der Waals surface area contributed by atoms with Crippen LogP contribution in [0.2, 0.25) is 5.02 Å². The average molecular weight is 450 g/mol. The predicted octanol–water partition coefficient (Wildman–Crippen LogP) is 6.55. The first-order valence-corrected chi connectivity index (χ1v) is 12.3. The van der Waals surface area contributed by atoms with Crippen LogP contribution < -0.4 is 9.80 Å². The lowest BCUT2D eigenvalue weighted by Crippen LogP contribution is -2.46. The van der Waals surface area contributed by atoms with Gasteiger partial charge in [0.2, 0.25) is 0 Å². The summed E-state index contributed by atoms with van der Waals surface area (Å²) in [4.78, 5) is 10.2. The van der Waals surface area contributed by atoms with E-state index in [4.69, 9.17) is 11.6 Å². The minimum Gasteiger partial charge on any atom is -0.369 e. The Labute approximate surface area is 194 Å². The predicted molar refractivity (Wildman–Crippen MR) is 133 cm³/mol. The number of fused-ring (bicyclic) bond motifs is 2. The van der Waals surface area contributed by atoms with Gasteiger partial charge in [0, 0.05) is 53.2 Å². The molecule has 0 aromatic heterocycles. The zero-order valence-corrected chi connectivity index (χ0v) is 19.3. The molecule has 0 atom stereocenters. The second-order valence-electron chi connectivity index (χ2n) is 8.20. The minimum absolute atomic E-state index is 0.806. The summed E-state index contributed by atoms with van der Waals surface area (Å²) in [5, 5.41) is 0.806. The Bertz CT molecular complexity index is 1020. The molecule has 5 heteroatoms. The number of rotatable bonds is 6. The highest BCUT2D eigenvalue weighted by Crippen LogP contribution is 2.48. The number of halogens is 1. The summed E-state index contributed by atoms with van der Waals surface area (Å²) in [6.45, 7) is 6.73. The Morgan fingerprint density at radius 3 is 2.26 bits per heavy atom. The third kappa shape index (κ3) is 4.72. The average Bonchev–Trinajstić information content (AvgIpc) is 2.82. The Morgan fingerprint density at radius 1 is 0.710 bits per heavy atom. The van der Waals surface area contributed by atoms with Crippen LogP contribution >= 0.6 is 23.4 Å². The van der Waals surface area contributed by atoms with Crippen molar-refractivity contribution in [3.8, 4) is 0 Å². The Kier molecular flexibility index (Phi) is 6.40. The highest BCUT2D eigenvalue weighted by Gasteiger charge is 2.23. The molecule has 5 rings (SSSR count). The molecule has 2 aliphatic heterocycles. The van der Waals surface area contributed by atoms with Gasteiger partial charge in [-0.05, 0) is 61.9 Å². The van der Waals surface area contributed by atoms with Gasteiger partial charge in [0.1, 0.15) is 0 Å². The number of anilines is 3. The van der Waals surface area contributed by atoms with Crippen molar-refractivity contribution in [1.29, 1.82) is 0 Å². The molecule has 0 unspecified atom stereocenters. The smallest absolute Gasteiger partial charge is 0.0567 e. The maximum absolute atomic E-state index is 6.34. The van der Waals surface area contributed by atoms with Crippen molar-refractivity contribution in [2.24, 2.45) is 0 Å². The summed E-state index contributed by atoms with van der Waals surface area (Å²) in [5.41, 5.74) is 3.90. The van der Waals surface area contributed by atoms with Crippen LogP contribution in [0.25, 0.3) is 0 Å². The Hall–Kier alpha value is -2.14. The van der Waals surface area contributed by atoms with Gasteiger partial charge in [0.05, 0.1) is 11.4 Å². The van der Waals surface area contributed by atoms with E-state index >= 15 is 0 Å². The van der Waals surface area contributed by atoms with E-state index in [1.54, 1.807) is 0 Å². The molecule has 0 bridgehead atoms. The standard InChI is InChI=1S/C26H28ClN3S/c27-21-12-13-26-24(20-21)30(23-10-4-5-11-25(23)31-26)15-7-6-14-28-16-18-29(19-17-28)22-8-2-1-3-9-22/h1-5,8-13,20H,6-7,14-19H2. The molecule has 0 aliphatic carbocycles. The summed E-state index contributed by atoms with van der Waals surface area (Å²) in [6, 6.07) is 25.7. The van der Waals surface area contributed by atoms with E-state index in [-0.39, 0.29) is 0 Å². The van der Waals surface area contributed by atoms with Gasteiger partial charge in [0.25, 0.3) is 0 Å². The first-order valence-electron chi connectivity index (χ1n) is 11.1. The number of piperazine rings is 1. The molecule has 3 nitrogen and oxygen atoms in total. The van der Waals surface area contributed by atoms with Crippen molar-refractivity contribution in [3.05, 3.63) is 77.8 Å². The molecular formula is C26H28ClN3S. The molecule has 1 saturated heterocycles. The molecule has 0 amide bonds. The lowest BCUT2D eigenvalue weighted by atomic mass is 10.2. The van der Waals surface area contributed by atoms with Crippen molar-refractivity contribution in [2.75, 3.05) is 49.1 Å². The zero-order chi connectivity index (χ0) is 21.0. The summed E-state index contributed by atoms with van der Waals surface area (Å²) < 4.78 is 0. The highest BCUT2D eigenvalue weighted by atomic mass is 35.5. The third-order valence-electron chi connectivity index (χ3n) is 6.19. The van der Waals surface area contributed by atoms with Crippen LogP contribution in [0.15, 0.2) is 82.6 Å². The second kappa shape index (κ2) is 9.56. The minimum atomic E-state index is 0.806. The lowest BCUT2D eigenvalue weighted by Gasteiger charge is -2.36. The number of benzene rings is 3. The van der Waals surface area contributed by atoms with E-state index in [9.17, 15) is 0 Å². The van der Waals surface area contributed by atoms with Gasteiger partial charge < -0.3 is 9.80 Å². The van der Waals surface area contributed by atoms with Crippen molar-refractivity contribution >= 4 is 40.4 Å². The molecule has 2 heterocycles. The fourth-order valence-corrected chi connectivity index (χ4v) is 5.76. The van der Waals surface area contributed by atoms with Gasteiger partial charge in [-0.15, -0.1) is 0 Å². The van der Waals surface area contributed by atoms with Crippen LogP contribution in [0.1, 0.15) is 12.8 Å². The quantitative estimate of drug-likeness (QED) is 0.395. The number of nitrogens with zero attached hydrogens (tertiary/aromatic N) is 3. The molecule has 0 N–H and O–H groups in total. The maximum atomic E-state index is 6.34. The number of hydrogen-bond donors (Lipinski definition) is 0. The summed E-state index contributed by atoms with van der Waals surface area (Å²) >= 11 is 8.18. The van der Waals surface area contributed by atoms with Gasteiger partial charge >= 0.3 is 0 Å². The molecule has 31 heavy (non-hydrogen) atoms. The second-order valence-corrected chi connectivity index (χ2v) is 9.73. The number of unbranched alkanes of at least 4 members (excludes halogenated alkanes) is 1. The molecule has 3 aromatic rings. The fraction of sp³-hybridized carbons (Fsp3) is 0.308. The Balaban J connectivity index is 1.16. The largest absolute Gasteiger partial charge is 0.369 e. The van der Waals surface area contributed by atoms with Crippen LogP contribution in [0, 0.1) is 0 Å². The summed E-state index contributed by atoms with van der Waals surface area (Å²) in [6.07, 6.45) is 2.39. The van der Waals surface area contributed by atoms with Gasteiger partial charge in [-0.25, -0.2) is 0 Å². The van der Waals surface area contributed by atoms with Crippen molar-refractivity contribution < 1.29 is 0 Å². The van der Waals surface area contributed by atoms with Gasteiger partial charge in [0.15, 0.2) is 0 Å². The van der Waals surface area contributed by atoms with Crippen LogP contribution in [0.3, 0.4) is 0 Å². The number of para-hydroxylation sites is 2. The van der Waals surface area contributed by atoms with E-state index in [1.807, 2.05) is 17.8 Å². The highest BCUT2D eigenvalue weighted by molar-refractivity contribution is 7.99. The molecule has 3 aromatic carbocycles. The molecule has 1 fully saturated rings. The van der Waals surface area contributed by atoms with Crippen LogP contribution in [-0.4, -0.2) is 44.2 Å². The molecule has 160 valence electrons. The topological polar surface area (TPSA) is 9.72 Å². The van der Waals surface area contributed by atoms with Gasteiger partial charge in [-0.1, -0.05) is 53.7 Å². The molecule has 0 radical (unpaired) electrons. The number of hydrogen-bond acceptors (Lipinski definition) is 4. The first kappa shape index (κ1) is 20.7. The Morgan fingerprint density at radius 2 is 1.42 bits per heavy atom. The van der Waals surface area contributed by atoms with Crippen LogP contribution in [-0.2, 0) is 0 Å². The summed E-state index contributed by atoms with van der Waals surface area (Å²) in [7, 11) is 0. The van der Waals surface area contributed by atoms with Crippen LogP contribution in [0.5, 0.6) is 0 Å². The molecular weight excluding hydrogens is 422 g/mol. The normalized spacial score (nSPS) is 16.2. The first-order chi connectivity index (χ1) is 15.3. The third-order valence-corrected chi connectivity index (χ3v) is 7.55. The van der Waals surface area contributed by atoms with Gasteiger partial charge in [-0.2, -0.15) is 0 Å². The lowest BCUT2D eigenvalue weighted by molar-refractivity contribution is 0.253. The van der Waals surface area contributed by atoms with Crippen molar-refractivity contribution in [2.45, 2.75) is 22.6 Å².